The first kappa shape index (κ1) is 14.9. The zero-order valence-electron chi connectivity index (χ0n) is 13.0. The summed E-state index contributed by atoms with van der Waals surface area (Å²) in [5.74, 6) is 0. The molecule has 0 bridgehead atoms. The molecule has 0 saturated carbocycles. The van der Waals surface area contributed by atoms with Crippen molar-refractivity contribution >= 4 is 29.9 Å². The number of nitrogens with zero attached hydrogens (tertiary/aromatic N) is 2. The number of hydrogen-bond donors (Lipinski definition) is 0. The van der Waals surface area contributed by atoms with Crippen molar-refractivity contribution in [2.24, 2.45) is 0 Å². The first-order chi connectivity index (χ1) is 9.49. The topological polar surface area (TPSA) is 6.48 Å². The van der Waals surface area contributed by atoms with Gasteiger partial charge in [-0.3, -0.25) is 0 Å². The Morgan fingerprint density at radius 1 is 0.600 bits per heavy atom. The molecule has 0 amide bonds. The lowest BCUT2D eigenvalue weighted by Crippen LogP contribution is -2.14. The fraction of sp³-hybridized carbons (Fsp3) is 0.294. The van der Waals surface area contributed by atoms with Gasteiger partial charge in [-0.05, 0) is 49.5 Å². The van der Waals surface area contributed by atoms with Crippen LogP contribution in [0.5, 0.6) is 0 Å². The van der Waals surface area contributed by atoms with Crippen LogP contribution < -0.4 is 20.4 Å². The molecule has 20 heavy (non-hydrogen) atoms. The van der Waals surface area contributed by atoms with Gasteiger partial charge in [0.2, 0.25) is 0 Å². The van der Waals surface area contributed by atoms with Crippen molar-refractivity contribution in [3.8, 4) is 0 Å². The van der Waals surface area contributed by atoms with Gasteiger partial charge >= 0.3 is 0 Å². The summed E-state index contributed by atoms with van der Waals surface area (Å²) in [4.78, 5) is 4.27. The van der Waals surface area contributed by atoms with Crippen molar-refractivity contribution in [3.63, 3.8) is 0 Å². The fourth-order valence-electron chi connectivity index (χ4n) is 2.10. The number of rotatable bonds is 4. The normalized spacial score (nSPS) is 10.7. The number of benzene rings is 2. The van der Waals surface area contributed by atoms with Crippen LogP contribution in [-0.4, -0.2) is 34.9 Å². The molecule has 0 fully saturated rings. The molecule has 0 spiro atoms. The fourth-order valence-corrected chi connectivity index (χ4v) is 3.59. The molecule has 2 aromatic carbocycles. The molecule has 0 aliphatic carbocycles. The van der Waals surface area contributed by atoms with E-state index in [0.717, 1.165) is 0 Å². The van der Waals surface area contributed by atoms with Gasteiger partial charge in [0.05, 0.1) is 0 Å². The Balaban J connectivity index is 2.19. The molecular weight excluding hydrogens is 263 g/mol. The second-order valence-electron chi connectivity index (χ2n) is 5.38. The highest BCUT2D eigenvalue weighted by Gasteiger charge is 2.08. The molecule has 2 nitrogen and oxygen atoms in total. The Hall–Kier alpha value is -1.53. The van der Waals surface area contributed by atoms with E-state index < -0.39 is 0 Å². The van der Waals surface area contributed by atoms with Crippen LogP contribution in [0.15, 0.2) is 48.5 Å². The smallest absolute Gasteiger partial charge is 0.0361 e. The summed E-state index contributed by atoms with van der Waals surface area (Å²) in [6.07, 6.45) is 0. The highest BCUT2D eigenvalue weighted by atomic mass is 31.1. The third kappa shape index (κ3) is 3.32. The second kappa shape index (κ2) is 6.28. The molecule has 0 atom stereocenters. The minimum absolute atomic E-state index is 0.271. The zero-order chi connectivity index (χ0) is 14.7. The van der Waals surface area contributed by atoms with Gasteiger partial charge in [-0.2, -0.15) is 0 Å². The van der Waals surface area contributed by atoms with Gasteiger partial charge in [-0.25, -0.2) is 0 Å². The van der Waals surface area contributed by atoms with Crippen LogP contribution in [0.4, 0.5) is 11.4 Å². The average molecular weight is 286 g/mol. The molecule has 0 aliphatic heterocycles. The van der Waals surface area contributed by atoms with Crippen LogP contribution >= 0.6 is 7.92 Å². The highest BCUT2D eigenvalue weighted by molar-refractivity contribution is 7.72. The monoisotopic (exact) mass is 286 g/mol. The van der Waals surface area contributed by atoms with Crippen LogP contribution in [0.25, 0.3) is 0 Å². The van der Waals surface area contributed by atoms with E-state index in [0.29, 0.717) is 0 Å². The summed E-state index contributed by atoms with van der Waals surface area (Å²) < 4.78 is 0. The molecule has 3 heteroatoms. The largest absolute Gasteiger partial charge is 0.378 e. The molecule has 0 unspecified atom stereocenters. The first-order valence-corrected chi connectivity index (χ1v) is 8.56. The van der Waals surface area contributed by atoms with Crippen molar-refractivity contribution in [3.05, 3.63) is 48.5 Å². The zero-order valence-corrected chi connectivity index (χ0v) is 13.9. The minimum atomic E-state index is -0.271. The summed E-state index contributed by atoms with van der Waals surface area (Å²) in [5, 5.41) is 2.84. The van der Waals surface area contributed by atoms with Gasteiger partial charge in [-0.15, -0.1) is 0 Å². The molecule has 2 aromatic rings. The van der Waals surface area contributed by atoms with E-state index in [9.17, 15) is 0 Å². The van der Waals surface area contributed by atoms with Gasteiger partial charge < -0.3 is 9.80 Å². The summed E-state index contributed by atoms with van der Waals surface area (Å²) in [7, 11) is 8.02. The van der Waals surface area contributed by atoms with E-state index in [2.05, 4.69) is 93.2 Å². The van der Waals surface area contributed by atoms with E-state index in [1.165, 1.54) is 22.0 Å². The number of anilines is 2. The molecule has 0 aliphatic rings. The summed E-state index contributed by atoms with van der Waals surface area (Å²) in [6.45, 7) is 2.32. The lowest BCUT2D eigenvalue weighted by atomic mass is 10.3. The van der Waals surface area contributed by atoms with E-state index in [-0.39, 0.29) is 7.92 Å². The first-order valence-electron chi connectivity index (χ1n) is 6.77. The Kier molecular flexibility index (Phi) is 4.67. The predicted molar refractivity (Wildman–Crippen MR) is 93.7 cm³/mol. The maximum Gasteiger partial charge on any atom is 0.0361 e. The van der Waals surface area contributed by atoms with Gasteiger partial charge in [0, 0.05) is 39.6 Å². The van der Waals surface area contributed by atoms with Crippen molar-refractivity contribution in [2.45, 2.75) is 0 Å². The van der Waals surface area contributed by atoms with Crippen LogP contribution in [0.1, 0.15) is 0 Å². The van der Waals surface area contributed by atoms with Crippen molar-refractivity contribution in [2.75, 3.05) is 44.7 Å². The lowest BCUT2D eigenvalue weighted by molar-refractivity contribution is 1.13. The van der Waals surface area contributed by atoms with Gasteiger partial charge in [-0.1, -0.05) is 24.3 Å². The standard InChI is InChI=1S/C17H23N2P/c1-18(2)14-6-10-16(11-7-14)20(5)17-12-8-15(9-13-17)19(3)4/h6-13H,1-5H3. The predicted octanol–water partition coefficient (Wildman–Crippen LogP) is 2.88. The van der Waals surface area contributed by atoms with E-state index in [4.69, 9.17) is 0 Å². The Morgan fingerprint density at radius 2 is 0.900 bits per heavy atom. The Labute approximate surface area is 123 Å². The molecule has 106 valence electrons. The van der Waals surface area contributed by atoms with Crippen molar-refractivity contribution in [1.29, 1.82) is 0 Å². The number of hydrogen-bond acceptors (Lipinski definition) is 2. The van der Waals surface area contributed by atoms with Crippen molar-refractivity contribution in [1.82, 2.24) is 0 Å². The van der Waals surface area contributed by atoms with Gasteiger partial charge in [0.1, 0.15) is 0 Å². The third-order valence-corrected chi connectivity index (χ3v) is 5.65. The van der Waals surface area contributed by atoms with E-state index >= 15 is 0 Å². The highest BCUT2D eigenvalue weighted by Crippen LogP contribution is 2.29. The lowest BCUT2D eigenvalue weighted by Gasteiger charge is -2.18. The minimum Gasteiger partial charge on any atom is -0.378 e. The summed E-state index contributed by atoms with van der Waals surface area (Å²) in [5.41, 5.74) is 2.50. The molecule has 0 saturated heterocycles. The third-order valence-electron chi connectivity index (χ3n) is 3.51. The summed E-state index contributed by atoms with van der Waals surface area (Å²) in [6, 6.07) is 17.8. The molecule has 2 rings (SSSR count). The summed E-state index contributed by atoms with van der Waals surface area (Å²) >= 11 is 0. The maximum atomic E-state index is 2.32. The van der Waals surface area contributed by atoms with Crippen LogP contribution in [0.2, 0.25) is 0 Å². The molecule has 0 heterocycles. The molecule has 0 N–H and O–H groups in total. The maximum absolute atomic E-state index is 2.32. The second-order valence-corrected chi connectivity index (χ2v) is 7.53. The van der Waals surface area contributed by atoms with Crippen LogP contribution in [-0.2, 0) is 0 Å². The molecule has 0 radical (unpaired) electrons. The van der Waals surface area contributed by atoms with Crippen LogP contribution in [0.3, 0.4) is 0 Å². The van der Waals surface area contributed by atoms with E-state index in [1.54, 1.807) is 0 Å². The van der Waals surface area contributed by atoms with Gasteiger partial charge in [0.15, 0.2) is 0 Å². The van der Waals surface area contributed by atoms with Gasteiger partial charge in [0.25, 0.3) is 0 Å². The van der Waals surface area contributed by atoms with Crippen LogP contribution in [0, 0.1) is 0 Å². The Bertz CT molecular complexity index is 493. The van der Waals surface area contributed by atoms with E-state index in [1.807, 2.05) is 0 Å². The Morgan fingerprint density at radius 3 is 1.15 bits per heavy atom. The quantitative estimate of drug-likeness (QED) is 0.797. The van der Waals surface area contributed by atoms with Crippen molar-refractivity contribution < 1.29 is 0 Å². The molecular formula is C17H23N2P. The molecule has 0 aromatic heterocycles. The average Bonchev–Trinajstić information content (AvgIpc) is 2.46. The SMILES string of the molecule is CN(C)c1ccc(P(C)c2ccc(N(C)C)cc2)cc1.